The van der Waals surface area contributed by atoms with Crippen molar-refractivity contribution in [3.63, 3.8) is 0 Å². The van der Waals surface area contributed by atoms with Gasteiger partial charge in [0.15, 0.2) is 0 Å². The second kappa shape index (κ2) is 4.75. The number of ether oxygens (including phenoxy) is 1. The summed E-state index contributed by atoms with van der Waals surface area (Å²) >= 11 is 0. The van der Waals surface area contributed by atoms with E-state index in [1.807, 2.05) is 13.0 Å². The number of likely N-dealkylation sites (N-methyl/N-ethyl adjacent to an activating group) is 1. The summed E-state index contributed by atoms with van der Waals surface area (Å²) in [5, 5.41) is 3.21. The molecule has 17 heavy (non-hydrogen) atoms. The number of anilines is 1. The van der Waals surface area contributed by atoms with Crippen LogP contribution in [0.25, 0.3) is 0 Å². The van der Waals surface area contributed by atoms with Gasteiger partial charge in [0.05, 0.1) is 13.2 Å². The van der Waals surface area contributed by atoms with Crippen LogP contribution in [0.2, 0.25) is 0 Å². The number of amides is 1. The van der Waals surface area contributed by atoms with Crippen molar-refractivity contribution in [3.05, 3.63) is 29.3 Å². The second-order valence-corrected chi connectivity index (χ2v) is 4.57. The Morgan fingerprint density at radius 1 is 1.35 bits per heavy atom. The Balaban J connectivity index is 2.06. The maximum absolute atomic E-state index is 11.7. The average molecular weight is 234 g/mol. The Morgan fingerprint density at radius 3 is 2.76 bits per heavy atom. The number of benzene rings is 1. The van der Waals surface area contributed by atoms with Crippen molar-refractivity contribution in [2.75, 3.05) is 19.4 Å². The van der Waals surface area contributed by atoms with E-state index >= 15 is 0 Å². The minimum absolute atomic E-state index is 0.0711. The molecule has 1 aromatic carbocycles. The molecule has 1 N–H and O–H groups in total. The van der Waals surface area contributed by atoms with E-state index in [0.717, 1.165) is 5.69 Å². The summed E-state index contributed by atoms with van der Waals surface area (Å²) in [4.78, 5) is 13.3. The Kier molecular flexibility index (Phi) is 3.33. The van der Waals surface area contributed by atoms with E-state index < -0.39 is 0 Å². The molecule has 0 saturated heterocycles. The van der Waals surface area contributed by atoms with E-state index in [1.165, 1.54) is 11.1 Å². The third-order valence-electron chi connectivity index (χ3n) is 2.92. The molecule has 0 aliphatic carbocycles. The Labute approximate surface area is 102 Å². The van der Waals surface area contributed by atoms with Crippen molar-refractivity contribution in [3.8, 4) is 0 Å². The topological polar surface area (TPSA) is 41.6 Å². The highest BCUT2D eigenvalue weighted by molar-refractivity contribution is 5.83. The first kappa shape index (κ1) is 11.9. The molecule has 1 unspecified atom stereocenters. The fourth-order valence-corrected chi connectivity index (χ4v) is 1.96. The lowest BCUT2D eigenvalue weighted by atomic mass is 10.1. The first-order valence-corrected chi connectivity index (χ1v) is 5.75. The van der Waals surface area contributed by atoms with E-state index in [2.05, 4.69) is 17.4 Å². The Morgan fingerprint density at radius 2 is 2.06 bits per heavy atom. The zero-order valence-electron chi connectivity index (χ0n) is 10.5. The number of nitrogens with one attached hydrogen (secondary N) is 1. The van der Waals surface area contributed by atoms with E-state index in [1.54, 1.807) is 19.0 Å². The summed E-state index contributed by atoms with van der Waals surface area (Å²) in [5.74, 6) is 0.0711. The minimum Gasteiger partial charge on any atom is -0.374 e. The summed E-state index contributed by atoms with van der Waals surface area (Å²) in [6.07, 6.45) is 0. The molecule has 0 aromatic heterocycles. The molecule has 4 nitrogen and oxygen atoms in total. The van der Waals surface area contributed by atoms with Crippen LogP contribution in [0.1, 0.15) is 18.1 Å². The number of carbonyl (C=O) groups is 1. The highest BCUT2D eigenvalue weighted by Gasteiger charge is 2.16. The molecule has 0 fully saturated rings. The smallest absolute Gasteiger partial charge is 0.244 e. The van der Waals surface area contributed by atoms with Gasteiger partial charge in [-0.1, -0.05) is 6.07 Å². The number of fused-ring (bicyclic) bond motifs is 1. The maximum atomic E-state index is 11.7. The van der Waals surface area contributed by atoms with Gasteiger partial charge in [-0.3, -0.25) is 4.79 Å². The van der Waals surface area contributed by atoms with E-state index in [9.17, 15) is 4.79 Å². The lowest BCUT2D eigenvalue weighted by Gasteiger charge is -2.19. The van der Waals surface area contributed by atoms with Gasteiger partial charge in [0, 0.05) is 19.8 Å². The quantitative estimate of drug-likeness (QED) is 0.863. The number of hydrogen-bond acceptors (Lipinski definition) is 3. The number of nitrogens with zero attached hydrogens (tertiary/aromatic N) is 1. The molecule has 0 bridgehead atoms. The largest absolute Gasteiger partial charge is 0.374 e. The van der Waals surface area contributed by atoms with Crippen LogP contribution in [0.4, 0.5) is 5.69 Å². The van der Waals surface area contributed by atoms with Crippen LogP contribution in [0.5, 0.6) is 0 Å². The second-order valence-electron chi connectivity index (χ2n) is 4.57. The molecule has 0 spiro atoms. The fourth-order valence-electron chi connectivity index (χ4n) is 1.96. The zero-order chi connectivity index (χ0) is 12.4. The molecule has 1 heterocycles. The summed E-state index contributed by atoms with van der Waals surface area (Å²) in [5.41, 5.74) is 3.42. The molecule has 0 saturated carbocycles. The van der Waals surface area contributed by atoms with E-state index in [4.69, 9.17) is 4.74 Å². The van der Waals surface area contributed by atoms with Crippen molar-refractivity contribution in [2.45, 2.75) is 26.2 Å². The lowest BCUT2D eigenvalue weighted by molar-refractivity contribution is -0.129. The molecule has 4 heteroatoms. The highest BCUT2D eigenvalue weighted by Crippen LogP contribution is 2.23. The molecular formula is C13H18N2O2. The van der Waals surface area contributed by atoms with Crippen LogP contribution < -0.4 is 5.32 Å². The van der Waals surface area contributed by atoms with Gasteiger partial charge in [-0.25, -0.2) is 0 Å². The predicted molar refractivity (Wildman–Crippen MR) is 66.7 cm³/mol. The van der Waals surface area contributed by atoms with E-state index in [0.29, 0.717) is 13.2 Å². The molecule has 2 rings (SSSR count). The summed E-state index contributed by atoms with van der Waals surface area (Å²) in [6, 6.07) is 5.89. The zero-order valence-corrected chi connectivity index (χ0v) is 10.5. The Hall–Kier alpha value is -1.55. The highest BCUT2D eigenvalue weighted by atomic mass is 16.5. The first-order valence-electron chi connectivity index (χ1n) is 5.75. The van der Waals surface area contributed by atoms with Crippen LogP contribution in [-0.2, 0) is 22.7 Å². The van der Waals surface area contributed by atoms with Crippen LogP contribution >= 0.6 is 0 Å². The molecule has 1 aliphatic heterocycles. The minimum atomic E-state index is -0.217. The standard InChI is InChI=1S/C13H18N2O2/c1-9(13(16)15(2)3)14-12-5-4-10-7-17-8-11(10)6-12/h4-6,9,14H,7-8H2,1-3H3. The van der Waals surface area contributed by atoms with Crippen molar-refractivity contribution < 1.29 is 9.53 Å². The van der Waals surface area contributed by atoms with Gasteiger partial charge >= 0.3 is 0 Å². The van der Waals surface area contributed by atoms with Crippen LogP contribution in [0.15, 0.2) is 18.2 Å². The van der Waals surface area contributed by atoms with Crippen molar-refractivity contribution in [1.29, 1.82) is 0 Å². The predicted octanol–water partition coefficient (Wildman–Crippen LogP) is 1.61. The molecule has 0 radical (unpaired) electrons. The van der Waals surface area contributed by atoms with Gasteiger partial charge < -0.3 is 15.0 Å². The van der Waals surface area contributed by atoms with Crippen molar-refractivity contribution >= 4 is 11.6 Å². The lowest BCUT2D eigenvalue weighted by Crippen LogP contribution is -2.36. The number of hydrogen-bond donors (Lipinski definition) is 1. The van der Waals surface area contributed by atoms with Crippen LogP contribution in [0.3, 0.4) is 0 Å². The molecule has 92 valence electrons. The van der Waals surface area contributed by atoms with Crippen LogP contribution in [-0.4, -0.2) is 30.9 Å². The molecule has 1 amide bonds. The van der Waals surface area contributed by atoms with Gasteiger partial charge in [0.25, 0.3) is 0 Å². The summed E-state index contributed by atoms with van der Waals surface area (Å²) in [7, 11) is 3.52. The number of rotatable bonds is 3. The van der Waals surface area contributed by atoms with Crippen LogP contribution in [0, 0.1) is 0 Å². The molecular weight excluding hydrogens is 216 g/mol. The van der Waals surface area contributed by atoms with E-state index in [-0.39, 0.29) is 11.9 Å². The fraction of sp³-hybridized carbons (Fsp3) is 0.462. The van der Waals surface area contributed by atoms with Gasteiger partial charge in [-0.2, -0.15) is 0 Å². The van der Waals surface area contributed by atoms with Gasteiger partial charge in [-0.05, 0) is 30.2 Å². The summed E-state index contributed by atoms with van der Waals surface area (Å²) < 4.78 is 5.36. The average Bonchev–Trinajstić information content (AvgIpc) is 2.74. The molecule has 1 aromatic rings. The number of carbonyl (C=O) groups excluding carboxylic acids is 1. The first-order chi connectivity index (χ1) is 8.08. The van der Waals surface area contributed by atoms with Gasteiger partial charge in [0.2, 0.25) is 5.91 Å². The normalized spacial score (nSPS) is 15.2. The van der Waals surface area contributed by atoms with Crippen molar-refractivity contribution in [2.24, 2.45) is 0 Å². The monoisotopic (exact) mass is 234 g/mol. The molecule has 1 aliphatic rings. The van der Waals surface area contributed by atoms with Gasteiger partial charge in [-0.15, -0.1) is 0 Å². The third-order valence-corrected chi connectivity index (χ3v) is 2.92. The summed E-state index contributed by atoms with van der Waals surface area (Å²) in [6.45, 7) is 3.23. The Bertz CT molecular complexity index is 429. The SMILES string of the molecule is CC(Nc1ccc2c(c1)COC2)C(=O)N(C)C. The van der Waals surface area contributed by atoms with Crippen molar-refractivity contribution in [1.82, 2.24) is 4.90 Å². The van der Waals surface area contributed by atoms with Gasteiger partial charge in [0.1, 0.15) is 6.04 Å². The maximum Gasteiger partial charge on any atom is 0.244 e. The molecule has 1 atom stereocenters. The third kappa shape index (κ3) is 2.58.